The first-order valence-corrected chi connectivity index (χ1v) is 28.7. The third kappa shape index (κ3) is 36.2. The van der Waals surface area contributed by atoms with Gasteiger partial charge in [0.1, 0.15) is 0 Å². The first kappa shape index (κ1) is 63.5. The fraction of sp³-hybridized carbons (Fsp3) is 0.857. The summed E-state index contributed by atoms with van der Waals surface area (Å²) in [5, 5.41) is 3.31. The van der Waals surface area contributed by atoms with Crippen LogP contribution in [-0.2, 0) is 30.5 Å². The molecule has 1 heterocycles. The van der Waals surface area contributed by atoms with Crippen molar-refractivity contribution in [2.45, 2.75) is 246 Å². The van der Waals surface area contributed by atoms with Crippen LogP contribution in [0.25, 0.3) is 0 Å². The van der Waals surface area contributed by atoms with Crippen LogP contribution in [0.2, 0.25) is 0 Å². The molecular weight excluding hydrogens is 865 g/mol. The maximum Gasteiger partial charge on any atom is 0.242 e. The normalized spacial score (nSPS) is 11.2. The topological polar surface area (TPSA) is 154 Å². The number of nitrogens with zero attached hydrogens (tertiary/aromatic N) is 6. The number of amides is 5. The summed E-state index contributed by atoms with van der Waals surface area (Å²) < 4.78 is 2.01. The Morgan fingerprint density at radius 1 is 0.420 bits per heavy atom. The number of imidazole rings is 1. The van der Waals surface area contributed by atoms with Crippen molar-refractivity contribution in [3.05, 3.63) is 18.7 Å². The van der Waals surface area contributed by atoms with E-state index in [2.05, 4.69) is 38.0 Å². The molecule has 69 heavy (non-hydrogen) atoms. The van der Waals surface area contributed by atoms with Crippen LogP contribution in [0, 0.1) is 0 Å². The van der Waals surface area contributed by atoms with Crippen molar-refractivity contribution < 1.29 is 24.0 Å². The molecule has 0 bridgehead atoms. The molecule has 0 radical (unpaired) electrons. The minimum atomic E-state index is -0.568. The lowest BCUT2D eigenvalue weighted by Crippen LogP contribution is -2.51. The average molecular weight is 972 g/mol. The Morgan fingerprint density at radius 3 is 1.03 bits per heavy atom. The van der Waals surface area contributed by atoms with Gasteiger partial charge in [-0.1, -0.05) is 207 Å². The van der Waals surface area contributed by atoms with Crippen LogP contribution in [0.3, 0.4) is 0 Å². The van der Waals surface area contributed by atoms with Crippen molar-refractivity contribution in [3.63, 3.8) is 0 Å². The van der Waals surface area contributed by atoms with Crippen molar-refractivity contribution >= 4 is 29.5 Å². The molecule has 0 saturated heterocycles. The first-order chi connectivity index (χ1) is 33.7. The van der Waals surface area contributed by atoms with E-state index in [-0.39, 0.29) is 56.4 Å². The van der Waals surface area contributed by atoms with E-state index in [1.165, 1.54) is 114 Å². The molecule has 3 N–H and O–H groups in total. The van der Waals surface area contributed by atoms with Gasteiger partial charge in [-0.3, -0.25) is 24.0 Å². The van der Waals surface area contributed by atoms with Gasteiger partial charge in [0.25, 0.3) is 0 Å². The van der Waals surface area contributed by atoms with E-state index in [1.54, 1.807) is 27.2 Å². The Balaban J connectivity index is 3.24. The number of nitrogens with one attached hydrogen (secondary N) is 1. The quantitative estimate of drug-likeness (QED) is 0.0616. The van der Waals surface area contributed by atoms with Crippen LogP contribution in [-0.4, -0.2) is 124 Å². The van der Waals surface area contributed by atoms with Gasteiger partial charge < -0.3 is 35.2 Å². The van der Waals surface area contributed by atoms with E-state index in [0.29, 0.717) is 32.7 Å². The maximum absolute atomic E-state index is 14.5. The molecule has 0 aliphatic heterocycles. The van der Waals surface area contributed by atoms with E-state index in [0.717, 1.165) is 109 Å². The van der Waals surface area contributed by atoms with Gasteiger partial charge in [0.05, 0.1) is 39.1 Å². The summed E-state index contributed by atoms with van der Waals surface area (Å²) >= 11 is 0. The first-order valence-electron chi connectivity index (χ1n) is 28.7. The number of unbranched alkanes of at least 4 members (excludes halogenated alkanes) is 28. The molecule has 5 amide bonds. The van der Waals surface area contributed by atoms with Crippen molar-refractivity contribution in [2.24, 2.45) is 5.73 Å². The lowest BCUT2D eigenvalue weighted by Gasteiger charge is -2.31. The summed E-state index contributed by atoms with van der Waals surface area (Å²) in [6.45, 7) is 11.6. The summed E-state index contributed by atoms with van der Waals surface area (Å²) in [4.78, 5) is 79.8. The molecule has 1 aromatic heterocycles. The van der Waals surface area contributed by atoms with Crippen LogP contribution in [0.4, 0.5) is 0 Å². The number of rotatable bonds is 50. The third-order valence-electron chi connectivity index (χ3n) is 13.5. The van der Waals surface area contributed by atoms with E-state index in [1.807, 2.05) is 10.8 Å². The largest absolute Gasteiger partial charge is 0.368 e. The standard InChI is InChI=1S/C56H106N8O5/c1-5-9-13-17-21-25-29-33-41-61(47-52(57)65)54(67)49-63(43-35-31-27-23-19-15-11-7-3)56(69)50-64(44-36-32-28-24-20-16-12-8-4)55(68)48-62(42-34-30-26-22-18-14-10-6-2)53(66)46-58-38-37-40-60-45-39-59-51-60/h39,45,51,58H,5-38,40-44,46-50H2,1-4H3,(H2,57,65). The number of aromatic nitrogens is 2. The summed E-state index contributed by atoms with van der Waals surface area (Å²) in [7, 11) is 0. The lowest BCUT2D eigenvalue weighted by molar-refractivity contribution is -0.146. The minimum absolute atomic E-state index is 0.0850. The molecular formula is C56H106N8O5. The Labute approximate surface area is 422 Å². The van der Waals surface area contributed by atoms with E-state index in [4.69, 9.17) is 5.73 Å². The Morgan fingerprint density at radius 2 is 0.725 bits per heavy atom. The van der Waals surface area contributed by atoms with Crippen molar-refractivity contribution in [1.29, 1.82) is 0 Å². The molecule has 0 aliphatic carbocycles. The smallest absolute Gasteiger partial charge is 0.242 e. The molecule has 1 rings (SSSR count). The molecule has 400 valence electrons. The van der Waals surface area contributed by atoms with Gasteiger partial charge in [0.2, 0.25) is 29.5 Å². The highest BCUT2D eigenvalue weighted by atomic mass is 16.2. The van der Waals surface area contributed by atoms with Gasteiger partial charge in [-0.2, -0.15) is 0 Å². The van der Waals surface area contributed by atoms with Gasteiger partial charge in [-0.15, -0.1) is 0 Å². The number of hydrogen-bond acceptors (Lipinski definition) is 7. The van der Waals surface area contributed by atoms with Crippen LogP contribution in [0.1, 0.15) is 240 Å². The molecule has 0 unspecified atom stereocenters. The molecule has 13 heteroatoms. The fourth-order valence-corrected chi connectivity index (χ4v) is 9.00. The number of primary amides is 1. The Bertz CT molecular complexity index is 1390. The van der Waals surface area contributed by atoms with Crippen molar-refractivity contribution in [3.8, 4) is 0 Å². The van der Waals surface area contributed by atoms with E-state index < -0.39 is 5.91 Å². The zero-order valence-electron chi connectivity index (χ0n) is 45.1. The minimum Gasteiger partial charge on any atom is -0.368 e. The number of hydrogen-bond donors (Lipinski definition) is 2. The van der Waals surface area contributed by atoms with E-state index in [9.17, 15) is 24.0 Å². The number of nitrogens with two attached hydrogens (primary N) is 1. The number of carbonyl (C=O) groups is 5. The monoisotopic (exact) mass is 971 g/mol. The highest BCUT2D eigenvalue weighted by molar-refractivity contribution is 5.91. The van der Waals surface area contributed by atoms with Crippen molar-refractivity contribution in [2.75, 3.05) is 65.4 Å². The van der Waals surface area contributed by atoms with Gasteiger partial charge in [0, 0.05) is 45.1 Å². The van der Waals surface area contributed by atoms with Gasteiger partial charge in [0.15, 0.2) is 0 Å². The molecule has 0 fully saturated rings. The highest BCUT2D eigenvalue weighted by Gasteiger charge is 2.27. The predicted octanol–water partition coefficient (Wildman–Crippen LogP) is 11.2. The summed E-state index contributed by atoms with van der Waals surface area (Å²) in [6, 6.07) is 0. The molecule has 1 aromatic rings. The van der Waals surface area contributed by atoms with Crippen LogP contribution in [0.5, 0.6) is 0 Å². The van der Waals surface area contributed by atoms with Gasteiger partial charge in [-0.05, 0) is 38.6 Å². The van der Waals surface area contributed by atoms with Crippen LogP contribution >= 0.6 is 0 Å². The second kappa shape index (κ2) is 45.6. The molecule has 13 nitrogen and oxygen atoms in total. The fourth-order valence-electron chi connectivity index (χ4n) is 9.00. The zero-order valence-corrected chi connectivity index (χ0v) is 45.1. The third-order valence-corrected chi connectivity index (χ3v) is 13.5. The Kier molecular flexibility index (Phi) is 42.0. The lowest BCUT2D eigenvalue weighted by atomic mass is 10.1. The van der Waals surface area contributed by atoms with Crippen LogP contribution in [0.15, 0.2) is 18.7 Å². The average Bonchev–Trinajstić information content (AvgIpc) is 3.86. The van der Waals surface area contributed by atoms with Gasteiger partial charge in [-0.25, -0.2) is 4.98 Å². The number of carbonyl (C=O) groups excluding carboxylic acids is 5. The maximum atomic E-state index is 14.5. The predicted molar refractivity (Wildman–Crippen MR) is 286 cm³/mol. The molecule has 0 saturated carbocycles. The highest BCUT2D eigenvalue weighted by Crippen LogP contribution is 2.15. The molecule has 0 spiro atoms. The van der Waals surface area contributed by atoms with Crippen LogP contribution < -0.4 is 11.1 Å². The molecule has 0 aromatic carbocycles. The summed E-state index contributed by atoms with van der Waals surface area (Å²) in [5.74, 6) is -1.47. The number of aryl methyl sites for hydroxylation is 1. The summed E-state index contributed by atoms with van der Waals surface area (Å²) in [5.41, 5.74) is 5.67. The zero-order chi connectivity index (χ0) is 50.4. The van der Waals surface area contributed by atoms with Crippen molar-refractivity contribution in [1.82, 2.24) is 34.5 Å². The molecule has 0 aliphatic rings. The van der Waals surface area contributed by atoms with E-state index >= 15 is 0 Å². The second-order valence-corrected chi connectivity index (χ2v) is 20.0. The SMILES string of the molecule is CCCCCCCCCCN(CC(N)=O)C(=O)CN(CCCCCCCCCC)C(=O)CN(CCCCCCCCCC)C(=O)CN(CCCCCCCCCC)C(=O)CNCCCn1ccnc1. The molecule has 0 atom stereocenters. The van der Waals surface area contributed by atoms with Gasteiger partial charge >= 0.3 is 0 Å². The Hall–Kier alpha value is -3.48. The summed E-state index contributed by atoms with van der Waals surface area (Å²) in [6.07, 6.45) is 41.9. The second-order valence-electron chi connectivity index (χ2n) is 20.0.